The molecule has 2 aromatic rings. The summed E-state index contributed by atoms with van der Waals surface area (Å²) in [6.07, 6.45) is -6.90. The van der Waals surface area contributed by atoms with Gasteiger partial charge in [0.15, 0.2) is 6.61 Å². The van der Waals surface area contributed by atoms with Crippen LogP contribution in [0.15, 0.2) is 48.5 Å². The molecule has 5 atom stereocenters. The third kappa shape index (κ3) is 4.84. The van der Waals surface area contributed by atoms with Crippen LogP contribution in [0.2, 0.25) is 0 Å². The van der Waals surface area contributed by atoms with E-state index in [4.69, 9.17) is 19.3 Å². The number of rotatable bonds is 7. The second-order valence-corrected chi connectivity index (χ2v) is 6.52. The first-order valence-corrected chi connectivity index (χ1v) is 8.92. The Morgan fingerprint density at radius 1 is 0.966 bits per heavy atom. The van der Waals surface area contributed by atoms with E-state index in [2.05, 4.69) is 0 Å². The molecule has 1 aliphatic heterocycles. The number of ether oxygens (including phenoxy) is 3. The van der Waals surface area contributed by atoms with Gasteiger partial charge in [0.1, 0.15) is 35.9 Å². The Labute approximate surface area is 166 Å². The van der Waals surface area contributed by atoms with Gasteiger partial charge < -0.3 is 39.7 Å². The SMILES string of the molecule is O=C(O)COc1ccc(-c2ccccc2O[C@H]2O[C@H](CO)[C@@H](O)[C@@H](O)[C@@H]2O)cc1. The van der Waals surface area contributed by atoms with Crippen molar-refractivity contribution in [3.8, 4) is 22.6 Å². The van der Waals surface area contributed by atoms with Crippen molar-refractivity contribution in [3.63, 3.8) is 0 Å². The molecule has 3 rings (SSSR count). The van der Waals surface area contributed by atoms with E-state index < -0.39 is 49.9 Å². The number of hydrogen-bond acceptors (Lipinski definition) is 8. The minimum Gasteiger partial charge on any atom is -0.482 e. The standard InChI is InChI=1S/C20H22O9/c21-9-15-17(24)18(25)19(26)20(29-15)28-14-4-2-1-3-13(14)11-5-7-12(8-6-11)27-10-16(22)23/h1-8,15,17-21,24-26H,9-10H2,(H,22,23)/t15-,17-,18-,19+,20+/m1/s1. The molecule has 0 unspecified atom stereocenters. The molecule has 0 amide bonds. The third-order valence-electron chi connectivity index (χ3n) is 4.51. The number of aliphatic hydroxyl groups is 4. The van der Waals surface area contributed by atoms with Gasteiger partial charge in [0, 0.05) is 5.56 Å². The largest absolute Gasteiger partial charge is 0.482 e. The predicted molar refractivity (Wildman–Crippen MR) is 99.4 cm³/mol. The normalized spacial score (nSPS) is 26.7. The molecule has 9 nitrogen and oxygen atoms in total. The topological polar surface area (TPSA) is 146 Å². The fraction of sp³-hybridized carbons (Fsp3) is 0.350. The van der Waals surface area contributed by atoms with Gasteiger partial charge in [-0.15, -0.1) is 0 Å². The molecule has 0 radical (unpaired) electrons. The summed E-state index contributed by atoms with van der Waals surface area (Å²) in [5.41, 5.74) is 1.38. The number of carboxylic acids is 1. The molecule has 0 saturated carbocycles. The number of hydrogen-bond donors (Lipinski definition) is 5. The molecule has 1 aliphatic rings. The summed E-state index contributed by atoms with van der Waals surface area (Å²) in [7, 11) is 0. The van der Waals surface area contributed by atoms with Gasteiger partial charge in [-0.2, -0.15) is 0 Å². The first-order chi connectivity index (χ1) is 13.9. The van der Waals surface area contributed by atoms with Gasteiger partial charge in [-0.25, -0.2) is 4.79 Å². The zero-order valence-electron chi connectivity index (χ0n) is 15.3. The van der Waals surface area contributed by atoms with E-state index >= 15 is 0 Å². The van der Waals surface area contributed by atoms with Crippen LogP contribution in [-0.2, 0) is 9.53 Å². The van der Waals surface area contributed by atoms with Crippen LogP contribution in [-0.4, -0.2) is 75.4 Å². The van der Waals surface area contributed by atoms with Crippen LogP contribution in [0, 0.1) is 0 Å². The van der Waals surface area contributed by atoms with Crippen molar-refractivity contribution in [2.24, 2.45) is 0 Å². The highest BCUT2D eigenvalue weighted by Gasteiger charge is 2.44. The number of benzene rings is 2. The van der Waals surface area contributed by atoms with Gasteiger partial charge in [0.05, 0.1) is 6.61 Å². The molecule has 9 heteroatoms. The number of para-hydroxylation sites is 1. The molecule has 1 fully saturated rings. The molecule has 0 bridgehead atoms. The lowest BCUT2D eigenvalue weighted by Gasteiger charge is -2.39. The highest BCUT2D eigenvalue weighted by Crippen LogP contribution is 2.33. The van der Waals surface area contributed by atoms with Gasteiger partial charge in [0.25, 0.3) is 0 Å². The van der Waals surface area contributed by atoms with Crippen molar-refractivity contribution in [2.75, 3.05) is 13.2 Å². The maximum Gasteiger partial charge on any atom is 0.341 e. The van der Waals surface area contributed by atoms with E-state index in [9.17, 15) is 25.2 Å². The Morgan fingerprint density at radius 3 is 2.31 bits per heavy atom. The minimum atomic E-state index is -1.54. The Hall–Kier alpha value is -2.69. The van der Waals surface area contributed by atoms with Gasteiger partial charge in [-0.1, -0.05) is 30.3 Å². The van der Waals surface area contributed by atoms with Crippen LogP contribution < -0.4 is 9.47 Å². The van der Waals surface area contributed by atoms with Gasteiger partial charge in [0.2, 0.25) is 6.29 Å². The van der Waals surface area contributed by atoms with Crippen LogP contribution >= 0.6 is 0 Å². The first-order valence-electron chi connectivity index (χ1n) is 8.92. The summed E-state index contributed by atoms with van der Waals surface area (Å²) >= 11 is 0. The Bertz CT molecular complexity index is 821. The van der Waals surface area contributed by atoms with Crippen LogP contribution in [0.25, 0.3) is 11.1 Å². The van der Waals surface area contributed by atoms with Crippen LogP contribution in [0.5, 0.6) is 11.5 Å². The molecule has 156 valence electrons. The molecule has 1 saturated heterocycles. The fourth-order valence-corrected chi connectivity index (χ4v) is 2.97. The molecule has 0 aromatic heterocycles. The number of carboxylic acid groups (broad SMARTS) is 1. The molecule has 0 aliphatic carbocycles. The van der Waals surface area contributed by atoms with Crippen molar-refractivity contribution in [2.45, 2.75) is 30.7 Å². The summed E-state index contributed by atoms with van der Waals surface area (Å²) in [4.78, 5) is 10.6. The minimum absolute atomic E-state index is 0.344. The lowest BCUT2D eigenvalue weighted by molar-refractivity contribution is -0.277. The van der Waals surface area contributed by atoms with E-state index in [0.29, 0.717) is 17.1 Å². The molecular weight excluding hydrogens is 384 g/mol. The Morgan fingerprint density at radius 2 is 1.66 bits per heavy atom. The zero-order valence-corrected chi connectivity index (χ0v) is 15.3. The molecule has 0 spiro atoms. The van der Waals surface area contributed by atoms with E-state index in [-0.39, 0.29) is 0 Å². The number of carbonyl (C=O) groups is 1. The van der Waals surface area contributed by atoms with Crippen molar-refractivity contribution < 1.29 is 44.5 Å². The summed E-state index contributed by atoms with van der Waals surface area (Å²) in [5, 5.41) is 48.0. The summed E-state index contributed by atoms with van der Waals surface area (Å²) < 4.78 is 16.3. The maximum absolute atomic E-state index is 10.6. The van der Waals surface area contributed by atoms with Crippen LogP contribution in [0.1, 0.15) is 0 Å². The quantitative estimate of drug-likeness (QED) is 0.429. The van der Waals surface area contributed by atoms with Crippen LogP contribution in [0.3, 0.4) is 0 Å². The Kier molecular flexibility index (Phi) is 6.68. The second-order valence-electron chi connectivity index (χ2n) is 6.52. The summed E-state index contributed by atoms with van der Waals surface area (Å²) in [6, 6.07) is 13.6. The fourth-order valence-electron chi connectivity index (χ4n) is 2.97. The number of aliphatic hydroxyl groups excluding tert-OH is 4. The zero-order chi connectivity index (χ0) is 21.0. The summed E-state index contributed by atoms with van der Waals surface area (Å²) in [5.74, 6) is -0.341. The molecule has 1 heterocycles. The average molecular weight is 406 g/mol. The van der Waals surface area contributed by atoms with E-state index in [1.54, 1.807) is 48.5 Å². The van der Waals surface area contributed by atoms with Crippen molar-refractivity contribution in [1.82, 2.24) is 0 Å². The monoisotopic (exact) mass is 406 g/mol. The first kappa shape index (κ1) is 21.0. The van der Waals surface area contributed by atoms with E-state index in [1.165, 1.54) is 0 Å². The maximum atomic E-state index is 10.6. The van der Waals surface area contributed by atoms with Gasteiger partial charge in [-0.3, -0.25) is 0 Å². The second kappa shape index (κ2) is 9.21. The van der Waals surface area contributed by atoms with Gasteiger partial charge >= 0.3 is 5.97 Å². The molecule has 5 N–H and O–H groups in total. The van der Waals surface area contributed by atoms with Crippen molar-refractivity contribution >= 4 is 5.97 Å². The van der Waals surface area contributed by atoms with Crippen molar-refractivity contribution in [3.05, 3.63) is 48.5 Å². The molecule has 29 heavy (non-hydrogen) atoms. The van der Waals surface area contributed by atoms with E-state index in [0.717, 1.165) is 5.56 Å². The highest BCUT2D eigenvalue weighted by molar-refractivity contribution is 5.71. The molecule has 2 aromatic carbocycles. The highest BCUT2D eigenvalue weighted by atomic mass is 16.7. The number of aliphatic carboxylic acids is 1. The lowest BCUT2D eigenvalue weighted by Crippen LogP contribution is -2.60. The lowest BCUT2D eigenvalue weighted by atomic mass is 9.99. The molecular formula is C20H22O9. The predicted octanol–water partition coefficient (Wildman–Crippen LogP) is -0.00430. The van der Waals surface area contributed by atoms with Crippen LogP contribution in [0.4, 0.5) is 0 Å². The Balaban J connectivity index is 1.79. The van der Waals surface area contributed by atoms with E-state index in [1.807, 2.05) is 0 Å². The van der Waals surface area contributed by atoms with Crippen molar-refractivity contribution in [1.29, 1.82) is 0 Å². The third-order valence-corrected chi connectivity index (χ3v) is 4.51. The summed E-state index contributed by atoms with van der Waals surface area (Å²) in [6.45, 7) is -1.000. The smallest absolute Gasteiger partial charge is 0.341 e. The van der Waals surface area contributed by atoms with Gasteiger partial charge in [-0.05, 0) is 23.8 Å². The average Bonchev–Trinajstić information content (AvgIpc) is 2.73.